The maximum Gasteiger partial charge on any atom is 0.227 e. The molecule has 0 spiro atoms. The van der Waals surface area contributed by atoms with E-state index in [1.54, 1.807) is 13.3 Å². The summed E-state index contributed by atoms with van der Waals surface area (Å²) in [6.07, 6.45) is 3.47. The van der Waals surface area contributed by atoms with Crippen LogP contribution in [0.5, 0.6) is 5.88 Å². The summed E-state index contributed by atoms with van der Waals surface area (Å²) in [5, 5.41) is 6.29. The van der Waals surface area contributed by atoms with Gasteiger partial charge in [0, 0.05) is 25.4 Å². The number of rotatable bonds is 5. The van der Waals surface area contributed by atoms with Crippen molar-refractivity contribution in [2.24, 2.45) is 5.41 Å². The van der Waals surface area contributed by atoms with E-state index in [0.29, 0.717) is 12.4 Å². The fourth-order valence-corrected chi connectivity index (χ4v) is 2.44. The van der Waals surface area contributed by atoms with Crippen molar-refractivity contribution in [1.29, 1.82) is 0 Å². The Hall–Kier alpha value is -1.62. The van der Waals surface area contributed by atoms with Gasteiger partial charge in [0.25, 0.3) is 0 Å². The van der Waals surface area contributed by atoms with Gasteiger partial charge in [-0.15, -0.1) is 0 Å². The van der Waals surface area contributed by atoms with Crippen molar-refractivity contribution in [1.82, 2.24) is 15.6 Å². The van der Waals surface area contributed by atoms with Gasteiger partial charge in [-0.05, 0) is 31.0 Å². The maximum absolute atomic E-state index is 12.3. The van der Waals surface area contributed by atoms with Crippen molar-refractivity contribution in [3.63, 3.8) is 0 Å². The van der Waals surface area contributed by atoms with Crippen LogP contribution in [0.3, 0.4) is 0 Å². The van der Waals surface area contributed by atoms with Crippen molar-refractivity contribution in [2.75, 3.05) is 20.2 Å². The second-order valence-electron chi connectivity index (χ2n) is 4.95. The predicted octanol–water partition coefficient (Wildman–Crippen LogP) is 1.10. The highest BCUT2D eigenvalue weighted by Crippen LogP contribution is 2.29. The molecule has 0 bridgehead atoms. The lowest BCUT2D eigenvalue weighted by Gasteiger charge is -2.25. The van der Waals surface area contributed by atoms with Crippen molar-refractivity contribution < 1.29 is 9.53 Å². The topological polar surface area (TPSA) is 63.2 Å². The fraction of sp³-hybridized carbons (Fsp3) is 0.571. The van der Waals surface area contributed by atoms with Crippen molar-refractivity contribution in [3.8, 4) is 5.88 Å². The number of ether oxygens (including phenoxy) is 1. The number of hydrogen-bond donors (Lipinski definition) is 2. The molecular weight excluding hydrogens is 242 g/mol. The molecule has 1 atom stereocenters. The van der Waals surface area contributed by atoms with E-state index in [4.69, 9.17) is 4.74 Å². The predicted molar refractivity (Wildman–Crippen MR) is 72.8 cm³/mol. The molecule has 2 heterocycles. The van der Waals surface area contributed by atoms with E-state index in [2.05, 4.69) is 22.5 Å². The summed E-state index contributed by atoms with van der Waals surface area (Å²) >= 11 is 0. The van der Waals surface area contributed by atoms with Crippen LogP contribution in [0.25, 0.3) is 0 Å². The van der Waals surface area contributed by atoms with Gasteiger partial charge in [-0.3, -0.25) is 4.79 Å². The summed E-state index contributed by atoms with van der Waals surface area (Å²) < 4.78 is 5.07. The molecule has 1 unspecified atom stereocenters. The Kier molecular flexibility index (Phi) is 4.37. The van der Waals surface area contributed by atoms with Crippen molar-refractivity contribution >= 4 is 5.91 Å². The van der Waals surface area contributed by atoms with E-state index >= 15 is 0 Å². The largest absolute Gasteiger partial charge is 0.481 e. The zero-order valence-corrected chi connectivity index (χ0v) is 11.5. The average Bonchev–Trinajstić information content (AvgIpc) is 2.95. The quantitative estimate of drug-likeness (QED) is 0.835. The third-order valence-corrected chi connectivity index (χ3v) is 3.86. The molecule has 5 heteroatoms. The van der Waals surface area contributed by atoms with Crippen LogP contribution in [0.1, 0.15) is 25.3 Å². The number of carbonyl (C=O) groups excluding carboxylic acids is 1. The van der Waals surface area contributed by atoms with Gasteiger partial charge in [0.05, 0.1) is 12.5 Å². The van der Waals surface area contributed by atoms with Crippen molar-refractivity contribution in [2.45, 2.75) is 26.3 Å². The summed E-state index contributed by atoms with van der Waals surface area (Å²) in [4.78, 5) is 16.4. The van der Waals surface area contributed by atoms with E-state index in [1.165, 1.54) is 0 Å². The average molecular weight is 263 g/mol. The Morgan fingerprint density at radius 2 is 2.47 bits per heavy atom. The Bertz CT molecular complexity index is 442. The normalized spacial score (nSPS) is 22.2. The Labute approximate surface area is 113 Å². The second-order valence-corrected chi connectivity index (χ2v) is 4.95. The summed E-state index contributed by atoms with van der Waals surface area (Å²) in [5.74, 6) is 0.704. The Morgan fingerprint density at radius 3 is 3.11 bits per heavy atom. The van der Waals surface area contributed by atoms with E-state index in [0.717, 1.165) is 31.5 Å². The van der Waals surface area contributed by atoms with Gasteiger partial charge >= 0.3 is 0 Å². The van der Waals surface area contributed by atoms with Crippen LogP contribution in [-0.4, -0.2) is 31.1 Å². The molecule has 0 saturated carbocycles. The first kappa shape index (κ1) is 13.8. The molecule has 1 saturated heterocycles. The molecule has 2 N–H and O–H groups in total. The minimum absolute atomic E-state index is 0.135. The van der Waals surface area contributed by atoms with Gasteiger partial charge in [0.1, 0.15) is 0 Å². The Balaban J connectivity index is 1.96. The first-order chi connectivity index (χ1) is 9.20. The van der Waals surface area contributed by atoms with Gasteiger partial charge in [0.15, 0.2) is 0 Å². The highest BCUT2D eigenvalue weighted by molar-refractivity contribution is 5.83. The monoisotopic (exact) mass is 263 g/mol. The summed E-state index contributed by atoms with van der Waals surface area (Å²) in [5.41, 5.74) is 0.759. The molecule has 1 aliphatic heterocycles. The standard InChI is InChI=1S/C14H21N3O2/c1-3-14(5-7-15-10-14)13(18)17-9-11-4-6-16-12(8-11)19-2/h4,6,8,15H,3,5,7,9-10H2,1-2H3,(H,17,18). The number of nitrogens with zero attached hydrogens (tertiary/aromatic N) is 1. The van der Waals surface area contributed by atoms with Crippen LogP contribution in [0.2, 0.25) is 0 Å². The summed E-state index contributed by atoms with van der Waals surface area (Å²) in [6, 6.07) is 3.72. The lowest BCUT2D eigenvalue weighted by atomic mass is 9.83. The van der Waals surface area contributed by atoms with Crippen LogP contribution >= 0.6 is 0 Å². The molecular formula is C14H21N3O2. The zero-order chi connectivity index (χ0) is 13.7. The second kappa shape index (κ2) is 6.02. The number of amides is 1. The lowest BCUT2D eigenvalue weighted by Crippen LogP contribution is -2.41. The molecule has 1 amide bonds. The Morgan fingerprint density at radius 1 is 1.63 bits per heavy atom. The molecule has 19 heavy (non-hydrogen) atoms. The SMILES string of the molecule is CCC1(C(=O)NCc2ccnc(OC)c2)CCNC1. The van der Waals surface area contributed by atoms with E-state index in [-0.39, 0.29) is 11.3 Å². The first-order valence-corrected chi connectivity index (χ1v) is 6.68. The molecule has 1 aromatic rings. The highest BCUT2D eigenvalue weighted by atomic mass is 16.5. The molecule has 1 aromatic heterocycles. The molecule has 0 aliphatic carbocycles. The molecule has 2 rings (SSSR count). The smallest absolute Gasteiger partial charge is 0.227 e. The maximum atomic E-state index is 12.3. The molecule has 1 aliphatic rings. The number of methoxy groups -OCH3 is 1. The summed E-state index contributed by atoms with van der Waals surface area (Å²) in [7, 11) is 1.58. The summed E-state index contributed by atoms with van der Waals surface area (Å²) in [6.45, 7) is 4.28. The van der Waals surface area contributed by atoms with Gasteiger partial charge in [-0.2, -0.15) is 0 Å². The minimum Gasteiger partial charge on any atom is -0.481 e. The highest BCUT2D eigenvalue weighted by Gasteiger charge is 2.39. The number of pyridine rings is 1. The number of hydrogen-bond acceptors (Lipinski definition) is 4. The first-order valence-electron chi connectivity index (χ1n) is 6.68. The van der Waals surface area contributed by atoms with E-state index in [1.807, 2.05) is 12.1 Å². The third kappa shape index (κ3) is 3.04. The van der Waals surface area contributed by atoms with Crippen LogP contribution < -0.4 is 15.4 Å². The molecule has 0 aromatic carbocycles. The van der Waals surface area contributed by atoms with Crippen LogP contribution in [0, 0.1) is 5.41 Å². The fourth-order valence-electron chi connectivity index (χ4n) is 2.44. The third-order valence-electron chi connectivity index (χ3n) is 3.86. The number of aromatic nitrogens is 1. The van der Waals surface area contributed by atoms with Gasteiger partial charge in [-0.1, -0.05) is 6.92 Å². The van der Waals surface area contributed by atoms with Gasteiger partial charge in [0.2, 0.25) is 11.8 Å². The lowest BCUT2D eigenvalue weighted by molar-refractivity contribution is -0.130. The van der Waals surface area contributed by atoms with Crippen LogP contribution in [-0.2, 0) is 11.3 Å². The molecule has 104 valence electrons. The van der Waals surface area contributed by atoms with Crippen LogP contribution in [0.4, 0.5) is 0 Å². The molecule has 0 radical (unpaired) electrons. The number of nitrogens with one attached hydrogen (secondary N) is 2. The zero-order valence-electron chi connectivity index (χ0n) is 11.5. The van der Waals surface area contributed by atoms with E-state index in [9.17, 15) is 4.79 Å². The van der Waals surface area contributed by atoms with Crippen LogP contribution in [0.15, 0.2) is 18.3 Å². The minimum atomic E-state index is -0.239. The van der Waals surface area contributed by atoms with Gasteiger partial charge in [-0.25, -0.2) is 4.98 Å². The molecule has 5 nitrogen and oxygen atoms in total. The van der Waals surface area contributed by atoms with Gasteiger partial charge < -0.3 is 15.4 Å². The molecule has 1 fully saturated rings. The van der Waals surface area contributed by atoms with Crippen molar-refractivity contribution in [3.05, 3.63) is 23.9 Å². The van der Waals surface area contributed by atoms with E-state index < -0.39 is 0 Å². The number of carbonyl (C=O) groups is 1.